The van der Waals surface area contributed by atoms with Gasteiger partial charge in [-0.2, -0.15) is 0 Å². The van der Waals surface area contributed by atoms with Gasteiger partial charge in [-0.1, -0.05) is 0 Å². The molecule has 1 fully saturated rings. The molecule has 0 spiro atoms. The number of amides is 1. The number of ether oxygens (including phenoxy) is 2. The third-order valence-corrected chi connectivity index (χ3v) is 5.12. The molecule has 6 heteroatoms. The molecule has 0 aliphatic carbocycles. The van der Waals surface area contributed by atoms with Crippen molar-refractivity contribution in [3.05, 3.63) is 53.9 Å². The molecular weight excluding hydrogens is 354 g/mol. The van der Waals surface area contributed by atoms with E-state index in [1.165, 1.54) is 0 Å². The van der Waals surface area contributed by atoms with Crippen LogP contribution in [-0.2, 0) is 6.61 Å². The Morgan fingerprint density at radius 2 is 2.04 bits per heavy atom. The molecule has 6 nitrogen and oxygen atoms in total. The molecule has 1 aliphatic heterocycles. The van der Waals surface area contributed by atoms with Crippen molar-refractivity contribution in [1.29, 1.82) is 0 Å². The van der Waals surface area contributed by atoms with Gasteiger partial charge in [0, 0.05) is 37.1 Å². The van der Waals surface area contributed by atoms with Gasteiger partial charge in [-0.05, 0) is 68.5 Å². The molecule has 28 heavy (non-hydrogen) atoms. The maximum absolute atomic E-state index is 13.0. The van der Waals surface area contributed by atoms with Gasteiger partial charge in [0.25, 0.3) is 5.91 Å². The Balaban J connectivity index is 1.73. The van der Waals surface area contributed by atoms with E-state index in [0.717, 1.165) is 24.9 Å². The van der Waals surface area contributed by atoms with Crippen LogP contribution in [0.25, 0.3) is 0 Å². The maximum atomic E-state index is 13.0. The first-order chi connectivity index (χ1) is 13.6. The minimum absolute atomic E-state index is 0.0204. The van der Waals surface area contributed by atoms with Gasteiger partial charge < -0.3 is 20.1 Å². The molecule has 0 bridgehead atoms. The zero-order chi connectivity index (χ0) is 19.9. The first-order valence-electron chi connectivity index (χ1n) is 9.92. The summed E-state index contributed by atoms with van der Waals surface area (Å²) in [6, 6.07) is 9.31. The number of benzene rings is 1. The molecule has 3 rings (SSSR count). The van der Waals surface area contributed by atoms with E-state index >= 15 is 0 Å². The minimum atomic E-state index is 0.0204. The summed E-state index contributed by atoms with van der Waals surface area (Å²) in [5, 5.41) is 0. The number of carbonyl (C=O) groups excluding carboxylic acids is 1. The fraction of sp³-hybridized carbons (Fsp3) is 0.455. The van der Waals surface area contributed by atoms with Gasteiger partial charge in [-0.15, -0.1) is 0 Å². The molecule has 150 valence electrons. The molecule has 1 saturated heterocycles. The molecule has 2 aromatic rings. The third kappa shape index (κ3) is 5.01. The molecule has 1 aliphatic rings. The summed E-state index contributed by atoms with van der Waals surface area (Å²) in [5.74, 6) is 1.59. The summed E-state index contributed by atoms with van der Waals surface area (Å²) in [6.07, 6.45) is 5.53. The van der Waals surface area contributed by atoms with E-state index in [1.807, 2.05) is 43.0 Å². The largest absolute Gasteiger partial charge is 0.490 e. The van der Waals surface area contributed by atoms with Crippen molar-refractivity contribution in [2.24, 2.45) is 11.7 Å². The zero-order valence-electron chi connectivity index (χ0n) is 16.6. The Morgan fingerprint density at radius 1 is 1.25 bits per heavy atom. The molecule has 0 saturated carbocycles. The Labute approximate surface area is 166 Å². The van der Waals surface area contributed by atoms with E-state index in [4.69, 9.17) is 15.2 Å². The molecular formula is C22H29N3O3. The maximum Gasteiger partial charge on any atom is 0.254 e. The Bertz CT molecular complexity index is 780. The van der Waals surface area contributed by atoms with Crippen molar-refractivity contribution in [2.45, 2.75) is 39.3 Å². The second kappa shape index (κ2) is 9.55. The molecule has 2 heterocycles. The van der Waals surface area contributed by atoms with E-state index in [2.05, 4.69) is 4.98 Å². The first kappa shape index (κ1) is 20.1. The highest BCUT2D eigenvalue weighted by Crippen LogP contribution is 2.30. The lowest BCUT2D eigenvalue weighted by Gasteiger charge is -2.34. The quantitative estimate of drug-likeness (QED) is 0.794. The van der Waals surface area contributed by atoms with Crippen LogP contribution in [0.1, 0.15) is 42.6 Å². The van der Waals surface area contributed by atoms with Gasteiger partial charge in [0.05, 0.1) is 6.61 Å². The number of carbonyl (C=O) groups is 1. The molecule has 1 amide bonds. The van der Waals surface area contributed by atoms with Crippen molar-refractivity contribution in [1.82, 2.24) is 9.88 Å². The number of hydrogen-bond acceptors (Lipinski definition) is 5. The monoisotopic (exact) mass is 383 g/mol. The van der Waals surface area contributed by atoms with E-state index in [-0.39, 0.29) is 11.9 Å². The number of nitrogens with two attached hydrogens (primary N) is 1. The predicted octanol–water partition coefficient (Wildman–Crippen LogP) is 3.26. The third-order valence-electron chi connectivity index (χ3n) is 5.12. The second-order valence-electron chi connectivity index (χ2n) is 7.25. The van der Waals surface area contributed by atoms with Crippen LogP contribution in [-0.4, -0.2) is 41.5 Å². The molecule has 2 N–H and O–H groups in total. The fourth-order valence-corrected chi connectivity index (χ4v) is 3.47. The summed E-state index contributed by atoms with van der Waals surface area (Å²) < 4.78 is 11.6. The normalized spacial score (nSPS) is 17.8. The van der Waals surface area contributed by atoms with Crippen LogP contribution in [0.4, 0.5) is 0 Å². The van der Waals surface area contributed by atoms with Gasteiger partial charge in [-0.3, -0.25) is 9.78 Å². The van der Waals surface area contributed by atoms with E-state index in [1.54, 1.807) is 18.5 Å². The average Bonchev–Trinajstić information content (AvgIpc) is 2.73. The highest BCUT2D eigenvalue weighted by Gasteiger charge is 2.27. The van der Waals surface area contributed by atoms with Crippen LogP contribution >= 0.6 is 0 Å². The van der Waals surface area contributed by atoms with Gasteiger partial charge in [0.1, 0.15) is 6.61 Å². The van der Waals surface area contributed by atoms with Gasteiger partial charge in [0.2, 0.25) is 0 Å². The lowest BCUT2D eigenvalue weighted by atomic mass is 9.92. The van der Waals surface area contributed by atoms with Crippen LogP contribution in [0.3, 0.4) is 0 Å². The average molecular weight is 383 g/mol. The first-order valence-corrected chi connectivity index (χ1v) is 9.92. The summed E-state index contributed by atoms with van der Waals surface area (Å²) in [4.78, 5) is 18.9. The molecule has 2 atom stereocenters. The standard InChI is InChI=1S/C22H29N3O3/c1-3-27-21-13-18(22(26)25-12-4-5-19(14-25)16(2)23)6-7-20(21)28-15-17-8-10-24-11-9-17/h6-11,13,16,19H,3-5,12,14-15,23H2,1-2H3/t16-,19+/m0/s1. The van der Waals surface area contributed by atoms with Gasteiger partial charge in [-0.25, -0.2) is 0 Å². The zero-order valence-corrected chi connectivity index (χ0v) is 16.6. The highest BCUT2D eigenvalue weighted by atomic mass is 16.5. The number of likely N-dealkylation sites (tertiary alicyclic amines) is 1. The van der Waals surface area contributed by atoms with Crippen LogP contribution in [0.15, 0.2) is 42.7 Å². The van der Waals surface area contributed by atoms with Crippen molar-refractivity contribution in [3.63, 3.8) is 0 Å². The van der Waals surface area contributed by atoms with Gasteiger partial charge >= 0.3 is 0 Å². The number of aromatic nitrogens is 1. The number of piperidine rings is 1. The molecule has 0 unspecified atom stereocenters. The Hall–Kier alpha value is -2.60. The summed E-state index contributed by atoms with van der Waals surface area (Å²) >= 11 is 0. The number of hydrogen-bond donors (Lipinski definition) is 1. The van der Waals surface area contributed by atoms with E-state index in [9.17, 15) is 4.79 Å². The van der Waals surface area contributed by atoms with Crippen molar-refractivity contribution in [3.8, 4) is 11.5 Å². The summed E-state index contributed by atoms with van der Waals surface area (Å²) in [5.41, 5.74) is 7.69. The minimum Gasteiger partial charge on any atom is -0.490 e. The topological polar surface area (TPSA) is 77.7 Å². The van der Waals surface area contributed by atoms with Gasteiger partial charge in [0.15, 0.2) is 11.5 Å². The number of pyridine rings is 1. The lowest BCUT2D eigenvalue weighted by molar-refractivity contribution is 0.0660. The van der Waals surface area contributed by atoms with Crippen molar-refractivity contribution in [2.75, 3.05) is 19.7 Å². The Morgan fingerprint density at radius 3 is 2.75 bits per heavy atom. The lowest BCUT2D eigenvalue weighted by Crippen LogP contribution is -2.45. The van der Waals surface area contributed by atoms with Crippen LogP contribution in [0.5, 0.6) is 11.5 Å². The Kier molecular flexibility index (Phi) is 6.87. The smallest absolute Gasteiger partial charge is 0.254 e. The highest BCUT2D eigenvalue weighted by molar-refractivity contribution is 5.95. The second-order valence-corrected chi connectivity index (χ2v) is 7.25. The fourth-order valence-electron chi connectivity index (χ4n) is 3.47. The summed E-state index contributed by atoms with van der Waals surface area (Å²) in [7, 11) is 0. The van der Waals surface area contributed by atoms with Crippen LogP contribution in [0, 0.1) is 5.92 Å². The number of rotatable bonds is 7. The predicted molar refractivity (Wildman–Crippen MR) is 108 cm³/mol. The SMILES string of the molecule is CCOc1cc(C(=O)N2CCC[C@@H]([C@H](C)N)C2)ccc1OCc1ccncc1. The summed E-state index contributed by atoms with van der Waals surface area (Å²) in [6.45, 7) is 6.32. The van der Waals surface area contributed by atoms with Crippen LogP contribution in [0.2, 0.25) is 0 Å². The van der Waals surface area contributed by atoms with Crippen molar-refractivity contribution >= 4 is 5.91 Å². The molecule has 1 aromatic heterocycles. The van der Waals surface area contributed by atoms with Crippen LogP contribution < -0.4 is 15.2 Å². The van der Waals surface area contributed by atoms with E-state index < -0.39 is 0 Å². The molecule has 1 aromatic carbocycles. The van der Waals surface area contributed by atoms with E-state index in [0.29, 0.717) is 42.7 Å². The number of nitrogens with zero attached hydrogens (tertiary/aromatic N) is 2. The molecule has 0 radical (unpaired) electrons. The van der Waals surface area contributed by atoms with Crippen molar-refractivity contribution < 1.29 is 14.3 Å².